The number of rotatable bonds is 4. The topological polar surface area (TPSA) is 47.9 Å². The van der Waals surface area contributed by atoms with Gasteiger partial charge in [0, 0.05) is 5.92 Å². The zero-order valence-electron chi connectivity index (χ0n) is 11.6. The van der Waals surface area contributed by atoms with Crippen molar-refractivity contribution in [3.05, 3.63) is 71.8 Å². The maximum absolute atomic E-state index is 11.3. The summed E-state index contributed by atoms with van der Waals surface area (Å²) in [6.07, 6.45) is 0. The lowest BCUT2D eigenvalue weighted by Gasteiger charge is -2.34. The molecule has 0 spiro atoms. The van der Waals surface area contributed by atoms with E-state index in [4.69, 9.17) is 0 Å². The molecule has 0 amide bonds. The summed E-state index contributed by atoms with van der Waals surface area (Å²) in [7, 11) is 0. The molecule has 0 radical (unpaired) electrons. The van der Waals surface area contributed by atoms with Crippen molar-refractivity contribution in [2.75, 3.05) is 0 Å². The molecule has 2 aromatic carbocycles. The molecule has 0 fully saturated rings. The first-order valence-electron chi connectivity index (χ1n) is 6.73. The smallest absolute Gasteiger partial charge is 0.166 e. The molecule has 0 aliphatic rings. The minimum atomic E-state index is -1.04. The Labute approximate surface area is 114 Å². The maximum atomic E-state index is 11.3. The molecular formula is C17H22NO+. The van der Waals surface area contributed by atoms with Crippen molar-refractivity contribution in [2.24, 2.45) is 5.92 Å². The fraction of sp³-hybridized carbons (Fsp3) is 0.294. The van der Waals surface area contributed by atoms with Gasteiger partial charge in [-0.3, -0.25) is 0 Å². The third kappa shape index (κ3) is 2.55. The molecule has 1 atom stereocenters. The molecule has 2 rings (SSSR count). The molecule has 0 heterocycles. The first-order valence-corrected chi connectivity index (χ1v) is 6.73. The van der Waals surface area contributed by atoms with Crippen LogP contribution in [0, 0.1) is 5.92 Å². The molecule has 0 saturated heterocycles. The van der Waals surface area contributed by atoms with Gasteiger partial charge in [-0.2, -0.15) is 0 Å². The second-order valence-electron chi connectivity index (χ2n) is 5.35. The Bertz CT molecular complexity index is 468. The van der Waals surface area contributed by atoms with Gasteiger partial charge in [0.25, 0.3) is 0 Å². The van der Waals surface area contributed by atoms with Crippen LogP contribution in [-0.2, 0) is 5.60 Å². The second kappa shape index (κ2) is 5.55. The fourth-order valence-corrected chi connectivity index (χ4v) is 2.46. The van der Waals surface area contributed by atoms with Crippen molar-refractivity contribution in [2.45, 2.75) is 25.5 Å². The highest BCUT2D eigenvalue weighted by Gasteiger charge is 2.42. The van der Waals surface area contributed by atoms with E-state index in [1.807, 2.05) is 60.7 Å². The molecule has 2 aromatic rings. The molecule has 4 N–H and O–H groups in total. The fourth-order valence-electron chi connectivity index (χ4n) is 2.46. The lowest BCUT2D eigenvalue weighted by atomic mass is 9.76. The van der Waals surface area contributed by atoms with Gasteiger partial charge in [0.2, 0.25) is 0 Å². The molecular weight excluding hydrogens is 234 g/mol. The molecule has 2 heteroatoms. The summed E-state index contributed by atoms with van der Waals surface area (Å²) >= 11 is 0. The van der Waals surface area contributed by atoms with Crippen LogP contribution >= 0.6 is 0 Å². The Balaban J connectivity index is 2.57. The number of aliphatic hydroxyl groups is 1. The van der Waals surface area contributed by atoms with Crippen molar-refractivity contribution in [1.82, 2.24) is 0 Å². The molecule has 0 saturated carbocycles. The monoisotopic (exact) mass is 256 g/mol. The number of hydrogen-bond acceptors (Lipinski definition) is 1. The van der Waals surface area contributed by atoms with Crippen LogP contribution in [0.25, 0.3) is 0 Å². The first kappa shape index (κ1) is 13.8. The van der Waals surface area contributed by atoms with E-state index in [1.165, 1.54) is 0 Å². The highest BCUT2D eigenvalue weighted by molar-refractivity contribution is 5.37. The molecule has 0 unspecified atom stereocenters. The molecule has 2 nitrogen and oxygen atoms in total. The van der Waals surface area contributed by atoms with Gasteiger partial charge in [0.05, 0.1) is 0 Å². The quantitative estimate of drug-likeness (QED) is 0.865. The van der Waals surface area contributed by atoms with Crippen LogP contribution in [0.4, 0.5) is 0 Å². The molecule has 0 bridgehead atoms. The summed E-state index contributed by atoms with van der Waals surface area (Å²) < 4.78 is 0. The maximum Gasteiger partial charge on any atom is 0.166 e. The minimum Gasteiger partial charge on any atom is -0.374 e. The van der Waals surface area contributed by atoms with E-state index in [9.17, 15) is 5.11 Å². The Hall–Kier alpha value is -1.64. The average Bonchev–Trinajstić information content (AvgIpc) is 2.47. The summed E-state index contributed by atoms with van der Waals surface area (Å²) in [5.74, 6) is 0.283. The summed E-state index contributed by atoms with van der Waals surface area (Å²) in [6.45, 7) is 4.18. The van der Waals surface area contributed by atoms with E-state index in [2.05, 4.69) is 19.6 Å². The highest BCUT2D eigenvalue weighted by atomic mass is 16.3. The van der Waals surface area contributed by atoms with Crippen LogP contribution in [-0.4, -0.2) is 11.1 Å². The zero-order valence-corrected chi connectivity index (χ0v) is 11.6. The van der Waals surface area contributed by atoms with Gasteiger partial charge in [-0.15, -0.1) is 0 Å². The second-order valence-corrected chi connectivity index (χ2v) is 5.35. The summed E-state index contributed by atoms with van der Waals surface area (Å²) in [5.41, 5.74) is 4.96. The van der Waals surface area contributed by atoms with Crippen molar-refractivity contribution in [3.63, 3.8) is 0 Å². The molecule has 0 aliphatic heterocycles. The van der Waals surface area contributed by atoms with Gasteiger partial charge in [-0.1, -0.05) is 74.5 Å². The average molecular weight is 256 g/mol. The van der Waals surface area contributed by atoms with Crippen molar-refractivity contribution >= 4 is 0 Å². The molecule has 100 valence electrons. The molecule has 19 heavy (non-hydrogen) atoms. The SMILES string of the molecule is CC(C)[C@H]([NH3+])C(O)(c1ccccc1)c1ccccc1. The predicted octanol–water partition coefficient (Wildman–Crippen LogP) is 2.19. The van der Waals surface area contributed by atoms with E-state index in [0.717, 1.165) is 11.1 Å². The van der Waals surface area contributed by atoms with Gasteiger partial charge in [0.1, 0.15) is 6.04 Å². The first-order chi connectivity index (χ1) is 9.06. The lowest BCUT2D eigenvalue weighted by Crippen LogP contribution is -2.72. The summed E-state index contributed by atoms with van der Waals surface area (Å²) in [5, 5.41) is 11.3. The largest absolute Gasteiger partial charge is 0.374 e. The van der Waals surface area contributed by atoms with Crippen LogP contribution in [0.15, 0.2) is 60.7 Å². The summed E-state index contributed by atoms with van der Waals surface area (Å²) in [6, 6.07) is 19.5. The summed E-state index contributed by atoms with van der Waals surface area (Å²) in [4.78, 5) is 0. The van der Waals surface area contributed by atoms with Gasteiger partial charge >= 0.3 is 0 Å². The third-order valence-corrected chi connectivity index (χ3v) is 3.77. The van der Waals surface area contributed by atoms with E-state index in [-0.39, 0.29) is 12.0 Å². The van der Waals surface area contributed by atoms with E-state index in [1.54, 1.807) is 0 Å². The minimum absolute atomic E-state index is 0.114. The van der Waals surface area contributed by atoms with Crippen LogP contribution < -0.4 is 5.73 Å². The van der Waals surface area contributed by atoms with Gasteiger partial charge in [-0.25, -0.2) is 0 Å². The number of benzene rings is 2. The van der Waals surface area contributed by atoms with E-state index < -0.39 is 5.60 Å². The van der Waals surface area contributed by atoms with E-state index in [0.29, 0.717) is 0 Å². The normalized spacial score (nSPS) is 13.5. The highest BCUT2D eigenvalue weighted by Crippen LogP contribution is 2.33. The Morgan fingerprint density at radius 2 is 1.21 bits per heavy atom. The number of quaternary nitrogens is 1. The van der Waals surface area contributed by atoms with Crippen LogP contribution in [0.1, 0.15) is 25.0 Å². The zero-order chi connectivity index (χ0) is 13.9. The lowest BCUT2D eigenvalue weighted by molar-refractivity contribution is -0.463. The van der Waals surface area contributed by atoms with Crippen molar-refractivity contribution < 1.29 is 10.8 Å². The van der Waals surface area contributed by atoms with Crippen molar-refractivity contribution in [3.8, 4) is 0 Å². The molecule has 0 aromatic heterocycles. The van der Waals surface area contributed by atoms with Gasteiger partial charge in [0.15, 0.2) is 5.60 Å². The predicted molar refractivity (Wildman–Crippen MR) is 77.4 cm³/mol. The Morgan fingerprint density at radius 1 is 0.842 bits per heavy atom. The van der Waals surface area contributed by atoms with Crippen LogP contribution in [0.2, 0.25) is 0 Å². The standard InChI is InChI=1S/C17H21NO/c1-13(2)16(18)17(19,14-9-5-3-6-10-14)15-11-7-4-8-12-15/h3-13,16,19H,18H2,1-2H3/p+1/t16-/m0/s1. The van der Waals surface area contributed by atoms with Gasteiger partial charge in [-0.05, 0) is 11.1 Å². The van der Waals surface area contributed by atoms with Crippen LogP contribution in [0.3, 0.4) is 0 Å². The third-order valence-electron chi connectivity index (χ3n) is 3.77. The Morgan fingerprint density at radius 3 is 1.53 bits per heavy atom. The number of hydrogen-bond donors (Lipinski definition) is 2. The van der Waals surface area contributed by atoms with E-state index >= 15 is 0 Å². The van der Waals surface area contributed by atoms with Gasteiger partial charge < -0.3 is 10.8 Å². The molecule has 0 aliphatic carbocycles. The Kier molecular flexibility index (Phi) is 4.03. The van der Waals surface area contributed by atoms with Crippen molar-refractivity contribution in [1.29, 1.82) is 0 Å². The van der Waals surface area contributed by atoms with Crippen LogP contribution in [0.5, 0.6) is 0 Å².